The van der Waals surface area contributed by atoms with Gasteiger partial charge in [-0.05, 0) is 24.8 Å². The fraction of sp³-hybridized carbons (Fsp3) is 0.389. The maximum atomic E-state index is 13.4. The number of rotatable bonds is 3. The first-order valence-electron chi connectivity index (χ1n) is 8.61. The highest BCUT2D eigenvalue weighted by Gasteiger charge is 2.37. The Bertz CT molecular complexity index is 898. The van der Waals surface area contributed by atoms with Crippen molar-refractivity contribution in [2.24, 2.45) is 0 Å². The minimum absolute atomic E-state index is 0.219. The monoisotopic (exact) mass is 361 g/mol. The normalized spacial score (nSPS) is 15.6. The van der Waals surface area contributed by atoms with Crippen molar-refractivity contribution in [2.45, 2.75) is 32.0 Å². The van der Waals surface area contributed by atoms with Gasteiger partial charge in [-0.1, -0.05) is 30.3 Å². The molecular weight excluding hydrogens is 343 g/mol. The van der Waals surface area contributed by atoms with Crippen LogP contribution in [-0.2, 0) is 12.7 Å². The summed E-state index contributed by atoms with van der Waals surface area (Å²) in [5, 5.41) is 0. The molecule has 0 unspecified atom stereocenters. The summed E-state index contributed by atoms with van der Waals surface area (Å²) in [6, 6.07) is 9.52. The number of piperidine rings is 1. The molecule has 0 saturated carbocycles. The zero-order valence-electron chi connectivity index (χ0n) is 14.1. The molecule has 136 valence electrons. The van der Waals surface area contributed by atoms with Gasteiger partial charge in [0, 0.05) is 13.1 Å². The SMILES string of the molecule is FC(F)(F)c1nc(N2CCCCC2)c2ncn(Cc3ccccc3)c2n1. The van der Waals surface area contributed by atoms with Crippen molar-refractivity contribution in [3.05, 3.63) is 48.0 Å². The molecule has 1 saturated heterocycles. The highest BCUT2D eigenvalue weighted by molar-refractivity contribution is 5.83. The van der Waals surface area contributed by atoms with Crippen LogP contribution in [0.5, 0.6) is 0 Å². The van der Waals surface area contributed by atoms with E-state index in [0.717, 1.165) is 24.8 Å². The molecule has 4 rings (SSSR count). The van der Waals surface area contributed by atoms with E-state index in [1.807, 2.05) is 35.2 Å². The zero-order chi connectivity index (χ0) is 18.1. The number of fused-ring (bicyclic) bond motifs is 1. The number of hydrogen-bond acceptors (Lipinski definition) is 4. The van der Waals surface area contributed by atoms with Crippen molar-refractivity contribution in [3.8, 4) is 0 Å². The third kappa shape index (κ3) is 3.23. The Morgan fingerprint density at radius 3 is 2.38 bits per heavy atom. The van der Waals surface area contributed by atoms with Crippen LogP contribution in [0.1, 0.15) is 30.7 Å². The number of halogens is 3. The van der Waals surface area contributed by atoms with Gasteiger partial charge in [0.05, 0.1) is 12.9 Å². The number of nitrogens with zero attached hydrogens (tertiary/aromatic N) is 5. The van der Waals surface area contributed by atoms with E-state index in [1.165, 1.54) is 0 Å². The van der Waals surface area contributed by atoms with Gasteiger partial charge in [-0.25, -0.2) is 15.0 Å². The van der Waals surface area contributed by atoms with Crippen molar-refractivity contribution in [1.29, 1.82) is 0 Å². The number of aromatic nitrogens is 4. The van der Waals surface area contributed by atoms with Gasteiger partial charge >= 0.3 is 6.18 Å². The molecule has 8 heteroatoms. The molecule has 0 bridgehead atoms. The third-order valence-corrected chi connectivity index (χ3v) is 4.55. The van der Waals surface area contributed by atoms with Crippen LogP contribution in [-0.4, -0.2) is 32.6 Å². The number of anilines is 1. The summed E-state index contributed by atoms with van der Waals surface area (Å²) in [5.41, 5.74) is 1.62. The van der Waals surface area contributed by atoms with Crippen LogP contribution in [0.15, 0.2) is 36.7 Å². The maximum absolute atomic E-state index is 13.4. The van der Waals surface area contributed by atoms with Crippen LogP contribution in [0.2, 0.25) is 0 Å². The molecule has 1 aliphatic rings. The van der Waals surface area contributed by atoms with Crippen molar-refractivity contribution >= 4 is 17.0 Å². The van der Waals surface area contributed by atoms with E-state index in [1.54, 1.807) is 10.9 Å². The van der Waals surface area contributed by atoms with E-state index in [-0.39, 0.29) is 11.5 Å². The Labute approximate surface area is 148 Å². The highest BCUT2D eigenvalue weighted by Crippen LogP contribution is 2.32. The molecular formula is C18H18F3N5. The highest BCUT2D eigenvalue weighted by atomic mass is 19.4. The predicted molar refractivity (Wildman–Crippen MR) is 91.9 cm³/mol. The lowest BCUT2D eigenvalue weighted by Gasteiger charge is -2.28. The first-order chi connectivity index (χ1) is 12.5. The average Bonchev–Trinajstić information content (AvgIpc) is 3.05. The number of imidazole rings is 1. The average molecular weight is 361 g/mol. The van der Waals surface area contributed by atoms with Crippen LogP contribution in [0.25, 0.3) is 11.2 Å². The molecule has 0 N–H and O–H groups in total. The fourth-order valence-electron chi connectivity index (χ4n) is 3.28. The molecule has 1 aromatic carbocycles. The van der Waals surface area contributed by atoms with Crippen molar-refractivity contribution < 1.29 is 13.2 Å². The standard InChI is InChI=1S/C18H18F3N5/c19-18(20,21)17-23-15(25-9-5-2-6-10-25)14-16(24-17)26(12-22-14)11-13-7-3-1-4-8-13/h1,3-4,7-8,12H,2,5-6,9-11H2. The van der Waals surface area contributed by atoms with Crippen molar-refractivity contribution in [1.82, 2.24) is 19.5 Å². The Hall–Kier alpha value is -2.64. The van der Waals surface area contributed by atoms with Gasteiger partial charge in [0.25, 0.3) is 0 Å². The van der Waals surface area contributed by atoms with Gasteiger partial charge < -0.3 is 9.47 Å². The second-order valence-corrected chi connectivity index (χ2v) is 6.45. The topological polar surface area (TPSA) is 46.8 Å². The Morgan fingerprint density at radius 2 is 1.69 bits per heavy atom. The predicted octanol–water partition coefficient (Wildman–Crippen LogP) is 3.88. The minimum atomic E-state index is -4.60. The van der Waals surface area contributed by atoms with Crippen LogP contribution < -0.4 is 4.90 Å². The second-order valence-electron chi connectivity index (χ2n) is 6.45. The van der Waals surface area contributed by atoms with Crippen molar-refractivity contribution in [3.63, 3.8) is 0 Å². The Morgan fingerprint density at radius 1 is 0.962 bits per heavy atom. The van der Waals surface area contributed by atoms with Gasteiger partial charge in [0.2, 0.25) is 5.82 Å². The largest absolute Gasteiger partial charge is 0.451 e. The molecule has 26 heavy (non-hydrogen) atoms. The van der Waals surface area contributed by atoms with Crippen molar-refractivity contribution in [2.75, 3.05) is 18.0 Å². The molecule has 5 nitrogen and oxygen atoms in total. The number of hydrogen-bond donors (Lipinski definition) is 0. The van der Waals surface area contributed by atoms with E-state index < -0.39 is 12.0 Å². The summed E-state index contributed by atoms with van der Waals surface area (Å²) >= 11 is 0. The quantitative estimate of drug-likeness (QED) is 0.710. The lowest BCUT2D eigenvalue weighted by Crippen LogP contribution is -2.31. The van der Waals surface area contributed by atoms with Gasteiger partial charge in [-0.3, -0.25) is 0 Å². The first kappa shape index (κ1) is 16.8. The fourth-order valence-corrected chi connectivity index (χ4v) is 3.28. The molecule has 0 radical (unpaired) electrons. The van der Waals surface area contributed by atoms with Gasteiger partial charge in [0.1, 0.15) is 0 Å². The minimum Gasteiger partial charge on any atom is -0.355 e. The lowest BCUT2D eigenvalue weighted by molar-refractivity contribution is -0.144. The summed E-state index contributed by atoms with van der Waals surface area (Å²) in [5.74, 6) is -0.825. The van der Waals surface area contributed by atoms with E-state index in [0.29, 0.717) is 25.2 Å². The van der Waals surface area contributed by atoms with Crippen LogP contribution >= 0.6 is 0 Å². The molecule has 1 aliphatic heterocycles. The van der Waals surface area contributed by atoms with Crippen LogP contribution in [0, 0.1) is 0 Å². The van der Waals surface area contributed by atoms with Crippen LogP contribution in [0.3, 0.4) is 0 Å². The Kier molecular flexibility index (Phi) is 4.26. The molecule has 3 heterocycles. The van der Waals surface area contributed by atoms with E-state index in [4.69, 9.17) is 0 Å². The molecule has 0 spiro atoms. The third-order valence-electron chi connectivity index (χ3n) is 4.55. The van der Waals surface area contributed by atoms with Gasteiger partial charge in [-0.15, -0.1) is 0 Å². The molecule has 3 aromatic rings. The van der Waals surface area contributed by atoms with Gasteiger partial charge in [0.15, 0.2) is 17.0 Å². The summed E-state index contributed by atoms with van der Waals surface area (Å²) in [7, 11) is 0. The summed E-state index contributed by atoms with van der Waals surface area (Å²) in [4.78, 5) is 13.9. The lowest BCUT2D eigenvalue weighted by atomic mass is 10.1. The smallest absolute Gasteiger partial charge is 0.355 e. The molecule has 2 aromatic heterocycles. The van der Waals surface area contributed by atoms with Gasteiger partial charge in [-0.2, -0.15) is 13.2 Å². The van der Waals surface area contributed by atoms with E-state index in [2.05, 4.69) is 15.0 Å². The molecule has 0 amide bonds. The van der Waals surface area contributed by atoms with E-state index >= 15 is 0 Å². The Balaban J connectivity index is 1.82. The summed E-state index contributed by atoms with van der Waals surface area (Å²) in [6.07, 6.45) is -0.0883. The zero-order valence-corrected chi connectivity index (χ0v) is 14.1. The maximum Gasteiger partial charge on any atom is 0.451 e. The number of alkyl halides is 3. The summed E-state index contributed by atoms with van der Waals surface area (Å²) < 4.78 is 41.7. The molecule has 0 aliphatic carbocycles. The molecule has 1 fully saturated rings. The van der Waals surface area contributed by atoms with Crippen LogP contribution in [0.4, 0.5) is 19.0 Å². The molecule has 0 atom stereocenters. The van der Waals surface area contributed by atoms with E-state index in [9.17, 15) is 13.2 Å². The second kappa shape index (κ2) is 6.59. The summed E-state index contributed by atoms with van der Waals surface area (Å²) in [6.45, 7) is 1.79. The number of benzene rings is 1. The first-order valence-corrected chi connectivity index (χ1v) is 8.61.